The third-order valence-electron chi connectivity index (χ3n) is 8.94. The molecule has 1 aliphatic carbocycles. The van der Waals surface area contributed by atoms with E-state index in [9.17, 15) is 9.59 Å². The smallest absolute Gasteiger partial charge is 0.409 e. The van der Waals surface area contributed by atoms with E-state index in [-0.39, 0.29) is 24.1 Å². The van der Waals surface area contributed by atoms with Crippen molar-refractivity contribution in [3.8, 4) is 0 Å². The van der Waals surface area contributed by atoms with Gasteiger partial charge in [0.15, 0.2) is 0 Å². The fraction of sp³-hybridized carbons (Fsp3) is 0.576. The van der Waals surface area contributed by atoms with Gasteiger partial charge in [-0.05, 0) is 61.6 Å². The van der Waals surface area contributed by atoms with Crippen molar-refractivity contribution in [2.75, 3.05) is 40.3 Å². The molecule has 3 atom stereocenters. The van der Waals surface area contributed by atoms with Crippen LogP contribution in [0.2, 0.25) is 0 Å². The Bertz CT molecular complexity index is 1020. The molecular weight excluding hydrogens is 486 g/mol. The second-order valence-electron chi connectivity index (χ2n) is 11.4. The molecule has 39 heavy (non-hydrogen) atoms. The number of ether oxygens (including phenoxy) is 1. The number of likely N-dealkylation sites (tertiary alicyclic amines) is 1. The van der Waals surface area contributed by atoms with Crippen molar-refractivity contribution in [3.05, 3.63) is 71.8 Å². The van der Waals surface area contributed by atoms with Crippen molar-refractivity contribution in [2.45, 2.75) is 76.3 Å². The zero-order valence-electron chi connectivity index (χ0n) is 24.1. The number of unbranched alkanes of at least 4 members (excludes halogenated alkanes) is 3. The van der Waals surface area contributed by atoms with Crippen molar-refractivity contribution in [1.29, 1.82) is 0 Å². The van der Waals surface area contributed by atoms with Crippen molar-refractivity contribution in [2.24, 2.45) is 5.92 Å². The quantitative estimate of drug-likeness (QED) is 0.312. The molecule has 0 bridgehead atoms. The van der Waals surface area contributed by atoms with Crippen molar-refractivity contribution in [1.82, 2.24) is 14.7 Å². The number of hydrogen-bond donors (Lipinski definition) is 0. The predicted molar refractivity (Wildman–Crippen MR) is 157 cm³/mol. The number of carbonyl (C=O) groups excluding carboxylic acids is 2. The van der Waals surface area contributed by atoms with Crippen LogP contribution in [0.3, 0.4) is 0 Å². The first-order chi connectivity index (χ1) is 19.0. The van der Waals surface area contributed by atoms with E-state index in [0.29, 0.717) is 11.8 Å². The summed E-state index contributed by atoms with van der Waals surface area (Å²) in [5, 5.41) is 0. The molecule has 6 nitrogen and oxygen atoms in total. The van der Waals surface area contributed by atoms with E-state index in [1.54, 1.807) is 0 Å². The molecule has 4 rings (SSSR count). The van der Waals surface area contributed by atoms with Gasteiger partial charge in [-0.25, -0.2) is 4.79 Å². The topological polar surface area (TPSA) is 53.1 Å². The number of rotatable bonds is 11. The molecule has 212 valence electrons. The van der Waals surface area contributed by atoms with Crippen molar-refractivity contribution in [3.63, 3.8) is 0 Å². The minimum atomic E-state index is -0.182. The number of piperidine rings is 1. The molecule has 2 aromatic rings. The molecule has 0 aromatic heterocycles. The van der Waals surface area contributed by atoms with Gasteiger partial charge < -0.3 is 19.4 Å². The highest BCUT2D eigenvalue weighted by Crippen LogP contribution is 2.42. The van der Waals surface area contributed by atoms with E-state index in [2.05, 4.69) is 42.2 Å². The van der Waals surface area contributed by atoms with Gasteiger partial charge in [-0.2, -0.15) is 0 Å². The lowest BCUT2D eigenvalue weighted by Gasteiger charge is -2.39. The molecule has 1 heterocycles. The molecular formula is C33H47N3O3. The number of amides is 2. The summed E-state index contributed by atoms with van der Waals surface area (Å²) in [6.07, 6.45) is 8.41. The largest absolute Gasteiger partial charge is 0.453 e. The van der Waals surface area contributed by atoms with Crippen LogP contribution < -0.4 is 0 Å². The van der Waals surface area contributed by atoms with Gasteiger partial charge in [-0.15, -0.1) is 0 Å². The normalized spacial score (nSPS) is 22.0. The number of methoxy groups -OCH3 is 1. The highest BCUT2D eigenvalue weighted by Gasteiger charge is 2.40. The number of hydrogen-bond acceptors (Lipinski definition) is 4. The van der Waals surface area contributed by atoms with Crippen LogP contribution in [0.1, 0.15) is 80.1 Å². The molecule has 1 aliphatic heterocycles. The van der Waals surface area contributed by atoms with Crippen LogP contribution in [0.5, 0.6) is 0 Å². The molecule has 6 heteroatoms. The molecule has 0 spiro atoms. The van der Waals surface area contributed by atoms with Gasteiger partial charge in [0.1, 0.15) is 0 Å². The van der Waals surface area contributed by atoms with E-state index in [4.69, 9.17) is 4.74 Å². The Labute approximate surface area is 235 Å². The fourth-order valence-electron chi connectivity index (χ4n) is 6.67. The SMILES string of the molecule is CCCCCCN(C(=O)OC)C1CCN(CC2CC(N(C)C(=O)c3ccccc3)CC2c2ccccc2)CC1. The minimum Gasteiger partial charge on any atom is -0.453 e. The highest BCUT2D eigenvalue weighted by atomic mass is 16.5. The maximum Gasteiger partial charge on any atom is 0.409 e. The van der Waals surface area contributed by atoms with Crippen LogP contribution in [-0.2, 0) is 4.74 Å². The summed E-state index contributed by atoms with van der Waals surface area (Å²) in [7, 11) is 3.47. The third-order valence-corrected chi connectivity index (χ3v) is 8.94. The Hall–Kier alpha value is -2.86. The Balaban J connectivity index is 1.38. The Morgan fingerprint density at radius 2 is 1.56 bits per heavy atom. The average molecular weight is 534 g/mol. The first-order valence-electron chi connectivity index (χ1n) is 15.0. The van der Waals surface area contributed by atoms with E-state index in [1.165, 1.54) is 25.5 Å². The molecule has 0 N–H and O–H groups in total. The van der Waals surface area contributed by atoms with Gasteiger partial charge in [-0.1, -0.05) is 74.7 Å². The van der Waals surface area contributed by atoms with Crippen LogP contribution in [-0.4, -0.2) is 79.1 Å². The number of nitrogens with zero attached hydrogens (tertiary/aromatic N) is 3. The Morgan fingerprint density at radius 1 is 0.897 bits per heavy atom. The van der Waals surface area contributed by atoms with Gasteiger partial charge in [0, 0.05) is 50.9 Å². The van der Waals surface area contributed by atoms with Crippen molar-refractivity contribution < 1.29 is 14.3 Å². The minimum absolute atomic E-state index is 0.107. The maximum atomic E-state index is 13.2. The monoisotopic (exact) mass is 533 g/mol. The zero-order chi connectivity index (χ0) is 27.6. The van der Waals surface area contributed by atoms with Crippen LogP contribution in [0.15, 0.2) is 60.7 Å². The van der Waals surface area contributed by atoms with E-state index in [1.807, 2.05) is 47.2 Å². The lowest BCUT2D eigenvalue weighted by atomic mass is 9.88. The predicted octanol–water partition coefficient (Wildman–Crippen LogP) is 6.43. The van der Waals surface area contributed by atoms with Crippen LogP contribution in [0, 0.1) is 5.92 Å². The van der Waals surface area contributed by atoms with Gasteiger partial charge in [0.2, 0.25) is 0 Å². The number of benzene rings is 2. The third kappa shape index (κ3) is 7.63. The highest BCUT2D eigenvalue weighted by molar-refractivity contribution is 5.94. The van der Waals surface area contributed by atoms with E-state index >= 15 is 0 Å². The first kappa shape index (κ1) is 29.1. The lowest BCUT2D eigenvalue weighted by Crippen LogP contribution is -2.48. The van der Waals surface area contributed by atoms with Crippen LogP contribution in [0.25, 0.3) is 0 Å². The second kappa shape index (κ2) is 14.5. The Morgan fingerprint density at radius 3 is 2.21 bits per heavy atom. The summed E-state index contributed by atoms with van der Waals surface area (Å²) in [5.41, 5.74) is 2.14. The molecule has 2 aromatic carbocycles. The zero-order valence-corrected chi connectivity index (χ0v) is 24.1. The maximum absolute atomic E-state index is 13.2. The summed E-state index contributed by atoms with van der Waals surface area (Å²) in [5.74, 6) is 1.03. The van der Waals surface area contributed by atoms with Crippen molar-refractivity contribution >= 4 is 12.0 Å². The van der Waals surface area contributed by atoms with Crippen LogP contribution in [0.4, 0.5) is 4.79 Å². The molecule has 2 aliphatic rings. The van der Waals surface area contributed by atoms with Gasteiger partial charge >= 0.3 is 6.09 Å². The second-order valence-corrected chi connectivity index (χ2v) is 11.4. The summed E-state index contributed by atoms with van der Waals surface area (Å²) < 4.78 is 5.15. The molecule has 2 fully saturated rings. The standard InChI is InChI=1S/C33H47N3O3/c1-4-5-6-13-20-36(33(38)39-3)29-18-21-35(22-19-29)25-28-23-30(24-31(28)26-14-9-7-10-15-26)34(2)32(37)27-16-11-8-12-17-27/h7-12,14-17,28-31H,4-6,13,18-25H2,1-3H3. The van der Waals surface area contributed by atoms with Gasteiger partial charge in [-0.3, -0.25) is 4.79 Å². The first-order valence-corrected chi connectivity index (χ1v) is 15.0. The van der Waals surface area contributed by atoms with Gasteiger partial charge in [0.05, 0.1) is 7.11 Å². The molecule has 0 radical (unpaired) electrons. The number of carbonyl (C=O) groups is 2. The summed E-state index contributed by atoms with van der Waals surface area (Å²) in [6.45, 7) is 6.02. The molecule has 2 amide bonds. The molecule has 3 unspecified atom stereocenters. The molecule has 1 saturated carbocycles. The van der Waals surface area contributed by atoms with Gasteiger partial charge in [0.25, 0.3) is 5.91 Å². The van der Waals surface area contributed by atoms with E-state index in [0.717, 1.165) is 70.3 Å². The lowest BCUT2D eigenvalue weighted by molar-refractivity contribution is 0.0696. The summed E-state index contributed by atoms with van der Waals surface area (Å²) in [4.78, 5) is 32.3. The summed E-state index contributed by atoms with van der Waals surface area (Å²) in [6, 6.07) is 21.0. The fourth-order valence-corrected chi connectivity index (χ4v) is 6.67. The summed E-state index contributed by atoms with van der Waals surface area (Å²) >= 11 is 0. The average Bonchev–Trinajstić information content (AvgIpc) is 3.41. The van der Waals surface area contributed by atoms with Crippen LogP contribution >= 0.6 is 0 Å². The molecule has 1 saturated heterocycles. The van der Waals surface area contributed by atoms with E-state index < -0.39 is 0 Å². The Kier molecular flexibility index (Phi) is 10.8.